The molecule has 0 atom stereocenters. The summed E-state index contributed by atoms with van der Waals surface area (Å²) < 4.78 is 25.8. The van der Waals surface area contributed by atoms with Crippen LogP contribution in [-0.4, -0.2) is 42.9 Å². The fourth-order valence-electron chi connectivity index (χ4n) is 3.19. The lowest BCUT2D eigenvalue weighted by Gasteiger charge is -2.31. The zero-order valence-electron chi connectivity index (χ0n) is 16.0. The molecule has 0 aromatic heterocycles. The molecule has 0 saturated heterocycles. The Morgan fingerprint density at radius 1 is 1.23 bits per heavy atom. The van der Waals surface area contributed by atoms with Gasteiger partial charge in [-0.1, -0.05) is 11.6 Å². The van der Waals surface area contributed by atoms with Crippen LogP contribution in [0.4, 0.5) is 4.39 Å². The molecular formula is C20H20ClFO8. The second-order valence-corrected chi connectivity index (χ2v) is 8.11. The van der Waals surface area contributed by atoms with Crippen LogP contribution in [0.3, 0.4) is 0 Å². The number of carbonyl (C=O) groups is 1. The Labute approximate surface area is 175 Å². The number of ether oxygens (including phenoxy) is 2. The molecule has 0 aliphatic carbocycles. The van der Waals surface area contributed by atoms with E-state index in [9.17, 15) is 29.6 Å². The van der Waals surface area contributed by atoms with Crippen molar-refractivity contribution in [2.45, 2.75) is 44.1 Å². The first-order valence-corrected chi connectivity index (χ1v) is 9.18. The highest BCUT2D eigenvalue weighted by atomic mass is 35.5. The van der Waals surface area contributed by atoms with Crippen molar-refractivity contribution in [3.8, 4) is 11.5 Å². The summed E-state index contributed by atoms with van der Waals surface area (Å²) in [5.41, 5.74) is 0.253. The number of carboxylic acid groups (broad SMARTS) is 1. The molecule has 0 spiro atoms. The summed E-state index contributed by atoms with van der Waals surface area (Å²) in [4.78, 5) is 10.9. The monoisotopic (exact) mass is 442 g/mol. The average molecular weight is 443 g/mol. The zero-order valence-corrected chi connectivity index (χ0v) is 16.8. The normalized spacial score (nSPS) is 15.5. The van der Waals surface area contributed by atoms with Gasteiger partial charge in [0.2, 0.25) is 0 Å². The van der Waals surface area contributed by atoms with Crippen molar-refractivity contribution in [1.29, 1.82) is 0 Å². The Morgan fingerprint density at radius 2 is 1.90 bits per heavy atom. The molecule has 30 heavy (non-hydrogen) atoms. The number of hydrogen-bond donors (Lipinski definition) is 5. The van der Waals surface area contributed by atoms with Crippen LogP contribution in [0.15, 0.2) is 30.3 Å². The molecular weight excluding hydrogens is 423 g/mol. The van der Waals surface area contributed by atoms with Gasteiger partial charge in [0, 0.05) is 22.6 Å². The van der Waals surface area contributed by atoms with Crippen molar-refractivity contribution < 1.29 is 44.2 Å². The van der Waals surface area contributed by atoms with Crippen LogP contribution in [-0.2, 0) is 23.6 Å². The molecule has 1 aliphatic heterocycles. The summed E-state index contributed by atoms with van der Waals surface area (Å²) in [6.07, 6.45) is 0.641. The summed E-state index contributed by atoms with van der Waals surface area (Å²) in [5.74, 6) is -10.7. The predicted octanol–water partition coefficient (Wildman–Crippen LogP) is 1.67. The fraction of sp³-hybridized carbons (Fsp3) is 0.350. The van der Waals surface area contributed by atoms with Crippen LogP contribution in [0.5, 0.6) is 11.5 Å². The Bertz CT molecular complexity index is 1000. The molecule has 162 valence electrons. The van der Waals surface area contributed by atoms with Crippen LogP contribution in [0, 0.1) is 5.82 Å². The molecule has 0 unspecified atom stereocenters. The highest BCUT2D eigenvalue weighted by Crippen LogP contribution is 2.40. The number of rotatable bonds is 6. The van der Waals surface area contributed by atoms with E-state index in [0.717, 1.165) is 17.7 Å². The summed E-state index contributed by atoms with van der Waals surface area (Å²) >= 11 is 6.14. The van der Waals surface area contributed by atoms with Crippen molar-refractivity contribution in [2.24, 2.45) is 0 Å². The van der Waals surface area contributed by atoms with Crippen molar-refractivity contribution in [1.82, 2.24) is 0 Å². The molecule has 0 radical (unpaired) electrons. The van der Waals surface area contributed by atoms with Gasteiger partial charge in [0.1, 0.15) is 18.0 Å². The number of fused-ring (bicyclic) bond motifs is 1. The Morgan fingerprint density at radius 3 is 2.50 bits per heavy atom. The van der Waals surface area contributed by atoms with Crippen molar-refractivity contribution >= 4 is 17.6 Å². The van der Waals surface area contributed by atoms with Crippen LogP contribution in [0.25, 0.3) is 0 Å². The highest BCUT2D eigenvalue weighted by molar-refractivity contribution is 6.30. The number of aliphatic carboxylic acids is 1. The minimum Gasteiger partial charge on any atom is -0.487 e. The van der Waals surface area contributed by atoms with Crippen molar-refractivity contribution in [3.63, 3.8) is 0 Å². The first-order chi connectivity index (χ1) is 13.7. The molecule has 0 bridgehead atoms. The third-order valence-electron chi connectivity index (χ3n) is 4.70. The number of aliphatic hydroxyl groups is 4. The number of carboxylic acids is 1. The van der Waals surface area contributed by atoms with Crippen molar-refractivity contribution in [3.05, 3.63) is 57.9 Å². The van der Waals surface area contributed by atoms with Gasteiger partial charge in [-0.05, 0) is 49.7 Å². The van der Waals surface area contributed by atoms with E-state index in [1.165, 1.54) is 0 Å². The van der Waals surface area contributed by atoms with Gasteiger partial charge in [0.05, 0.1) is 0 Å². The first-order valence-electron chi connectivity index (χ1n) is 8.80. The SMILES string of the molecule is CC1(C)Cc2cc(Cl)cc(COc3ccc(C(O)(O)C(O)(O)C(=O)O)cc3F)c2O1. The Kier molecular flexibility index (Phi) is 5.46. The molecule has 0 fully saturated rings. The highest BCUT2D eigenvalue weighted by Gasteiger charge is 2.55. The maximum absolute atomic E-state index is 14.4. The maximum Gasteiger partial charge on any atom is 0.370 e. The molecule has 0 amide bonds. The number of hydrogen-bond acceptors (Lipinski definition) is 7. The minimum absolute atomic E-state index is 0.113. The Balaban J connectivity index is 1.83. The van der Waals surface area contributed by atoms with E-state index in [-0.39, 0.29) is 12.4 Å². The lowest BCUT2D eigenvalue weighted by Crippen LogP contribution is -2.57. The molecule has 0 saturated carbocycles. The van der Waals surface area contributed by atoms with Gasteiger partial charge >= 0.3 is 11.8 Å². The third-order valence-corrected chi connectivity index (χ3v) is 4.92. The zero-order chi connectivity index (χ0) is 22.5. The largest absolute Gasteiger partial charge is 0.487 e. The van der Waals surface area contributed by atoms with E-state index >= 15 is 0 Å². The lowest BCUT2D eigenvalue weighted by molar-refractivity contribution is -0.352. The topological polar surface area (TPSA) is 137 Å². The number of benzene rings is 2. The molecule has 10 heteroatoms. The Hall–Kier alpha value is -2.43. The van der Waals surface area contributed by atoms with Crippen molar-refractivity contribution in [2.75, 3.05) is 0 Å². The summed E-state index contributed by atoms with van der Waals surface area (Å²) in [6.45, 7) is 3.72. The third kappa shape index (κ3) is 3.94. The molecule has 1 heterocycles. The van der Waals surface area contributed by atoms with E-state index in [0.29, 0.717) is 28.8 Å². The van der Waals surface area contributed by atoms with Crippen LogP contribution >= 0.6 is 11.6 Å². The predicted molar refractivity (Wildman–Crippen MR) is 102 cm³/mol. The number of halogens is 2. The molecule has 3 rings (SSSR count). The molecule has 2 aromatic carbocycles. The van der Waals surface area contributed by atoms with Gasteiger partial charge in [-0.25, -0.2) is 9.18 Å². The van der Waals surface area contributed by atoms with E-state index < -0.39 is 34.5 Å². The van der Waals surface area contributed by atoms with Gasteiger partial charge < -0.3 is 35.0 Å². The van der Waals surface area contributed by atoms with Crippen LogP contribution in [0.2, 0.25) is 5.02 Å². The molecule has 5 N–H and O–H groups in total. The summed E-state index contributed by atoms with van der Waals surface area (Å²) in [6, 6.07) is 5.83. The maximum atomic E-state index is 14.4. The molecule has 1 aliphatic rings. The fourth-order valence-corrected chi connectivity index (χ4v) is 3.46. The quantitative estimate of drug-likeness (QED) is 0.426. The van der Waals surface area contributed by atoms with Gasteiger partial charge in [-0.3, -0.25) is 0 Å². The average Bonchev–Trinajstić information content (AvgIpc) is 2.93. The first kappa shape index (κ1) is 22.3. The van der Waals surface area contributed by atoms with E-state index in [1.807, 2.05) is 13.8 Å². The van der Waals surface area contributed by atoms with Gasteiger partial charge in [0.15, 0.2) is 11.6 Å². The summed E-state index contributed by atoms with van der Waals surface area (Å²) in [7, 11) is 0. The smallest absolute Gasteiger partial charge is 0.370 e. The lowest BCUT2D eigenvalue weighted by atomic mass is 9.96. The van der Waals surface area contributed by atoms with E-state index in [2.05, 4.69) is 0 Å². The van der Waals surface area contributed by atoms with Crippen LogP contribution in [0.1, 0.15) is 30.5 Å². The minimum atomic E-state index is -3.96. The van der Waals surface area contributed by atoms with Gasteiger partial charge in [-0.2, -0.15) is 0 Å². The molecule has 2 aromatic rings. The van der Waals surface area contributed by atoms with E-state index in [1.54, 1.807) is 12.1 Å². The van der Waals surface area contributed by atoms with Crippen LogP contribution < -0.4 is 9.47 Å². The summed E-state index contributed by atoms with van der Waals surface area (Å²) in [5, 5.41) is 47.7. The second kappa shape index (κ2) is 7.36. The van der Waals surface area contributed by atoms with E-state index in [4.69, 9.17) is 26.2 Å². The van der Waals surface area contributed by atoms with Gasteiger partial charge in [0.25, 0.3) is 5.79 Å². The van der Waals surface area contributed by atoms with Gasteiger partial charge in [-0.15, -0.1) is 0 Å². The standard InChI is InChI=1S/C20H20ClFO8/c1-18(2)8-10-5-13(21)6-11(16(10)30-18)9-29-15-4-3-12(7-14(15)22)19(25,26)20(27,28)17(23)24/h3-7,25-28H,8-9H2,1-2H3,(H,23,24). The second-order valence-electron chi connectivity index (χ2n) is 7.68. The molecule has 8 nitrogen and oxygen atoms in total.